The van der Waals surface area contributed by atoms with Crippen LogP contribution in [0.3, 0.4) is 0 Å². The Morgan fingerprint density at radius 3 is 2.86 bits per heavy atom. The molecule has 2 heterocycles. The minimum atomic E-state index is -4.16. The van der Waals surface area contributed by atoms with Gasteiger partial charge in [0.1, 0.15) is 0 Å². The topological polar surface area (TPSA) is 57.5 Å². The number of guanidine groups is 1. The SMILES string of the molecule is CN=C(NCc1cccc(Cn2ccnc2)c1)NC1CCN(CC(F)(F)F)C1. The zero-order chi connectivity index (χ0) is 20.0. The van der Waals surface area contributed by atoms with Crippen LogP contribution in [0.1, 0.15) is 17.5 Å². The lowest BCUT2D eigenvalue weighted by Gasteiger charge is -2.20. The first kappa shape index (κ1) is 20.2. The summed E-state index contributed by atoms with van der Waals surface area (Å²) in [5.41, 5.74) is 2.27. The Hall–Kier alpha value is -2.55. The third-order valence-electron chi connectivity index (χ3n) is 4.62. The van der Waals surface area contributed by atoms with E-state index >= 15 is 0 Å². The van der Waals surface area contributed by atoms with Crippen LogP contribution >= 0.6 is 0 Å². The van der Waals surface area contributed by atoms with E-state index in [2.05, 4.69) is 32.7 Å². The predicted molar refractivity (Wildman–Crippen MR) is 102 cm³/mol. The molecule has 0 amide bonds. The number of imidazole rings is 1. The van der Waals surface area contributed by atoms with Crippen LogP contribution in [0, 0.1) is 0 Å². The van der Waals surface area contributed by atoms with Gasteiger partial charge in [0, 0.05) is 51.7 Å². The quantitative estimate of drug-likeness (QED) is 0.583. The van der Waals surface area contributed by atoms with E-state index in [1.54, 1.807) is 19.6 Å². The summed E-state index contributed by atoms with van der Waals surface area (Å²) in [7, 11) is 1.66. The Labute approximate surface area is 162 Å². The number of nitrogens with one attached hydrogen (secondary N) is 2. The maximum atomic E-state index is 12.5. The number of hydrogen-bond donors (Lipinski definition) is 2. The molecule has 1 aromatic carbocycles. The molecule has 28 heavy (non-hydrogen) atoms. The van der Waals surface area contributed by atoms with Crippen molar-refractivity contribution in [1.29, 1.82) is 0 Å². The second-order valence-corrected chi connectivity index (χ2v) is 6.96. The van der Waals surface area contributed by atoms with Gasteiger partial charge in [-0.05, 0) is 17.5 Å². The molecule has 2 N–H and O–H groups in total. The summed E-state index contributed by atoms with van der Waals surface area (Å²) in [5.74, 6) is 0.596. The lowest BCUT2D eigenvalue weighted by atomic mass is 10.1. The first-order valence-electron chi connectivity index (χ1n) is 9.21. The van der Waals surface area contributed by atoms with E-state index in [9.17, 15) is 13.2 Å². The van der Waals surface area contributed by atoms with Gasteiger partial charge >= 0.3 is 6.18 Å². The number of benzene rings is 1. The molecular weight excluding hydrogens is 369 g/mol. The summed E-state index contributed by atoms with van der Waals surface area (Å²) in [6, 6.07) is 8.16. The molecular formula is C19H25F3N6. The third kappa shape index (κ3) is 6.26. The van der Waals surface area contributed by atoms with Crippen molar-refractivity contribution in [3.05, 3.63) is 54.1 Å². The first-order valence-corrected chi connectivity index (χ1v) is 9.21. The number of rotatable bonds is 6. The third-order valence-corrected chi connectivity index (χ3v) is 4.62. The van der Waals surface area contributed by atoms with E-state index in [0.29, 0.717) is 32.0 Å². The van der Waals surface area contributed by atoms with Crippen molar-refractivity contribution < 1.29 is 13.2 Å². The molecule has 0 aliphatic carbocycles. The van der Waals surface area contributed by atoms with Gasteiger partial charge in [-0.3, -0.25) is 9.89 Å². The van der Waals surface area contributed by atoms with Gasteiger partial charge in [-0.25, -0.2) is 4.98 Å². The van der Waals surface area contributed by atoms with Gasteiger partial charge in [0.2, 0.25) is 0 Å². The van der Waals surface area contributed by atoms with E-state index in [-0.39, 0.29) is 6.04 Å². The summed E-state index contributed by atoms with van der Waals surface area (Å²) in [6.07, 6.45) is 1.95. The highest BCUT2D eigenvalue weighted by molar-refractivity contribution is 5.80. The van der Waals surface area contributed by atoms with Gasteiger partial charge < -0.3 is 15.2 Å². The molecule has 1 aliphatic rings. The summed E-state index contributed by atoms with van der Waals surface area (Å²) in [6.45, 7) is 1.26. The van der Waals surface area contributed by atoms with Crippen molar-refractivity contribution in [2.75, 3.05) is 26.7 Å². The first-order chi connectivity index (χ1) is 13.4. The maximum absolute atomic E-state index is 12.5. The number of halogens is 3. The van der Waals surface area contributed by atoms with Crippen LogP contribution in [-0.2, 0) is 13.1 Å². The highest BCUT2D eigenvalue weighted by Gasteiger charge is 2.34. The van der Waals surface area contributed by atoms with E-state index in [4.69, 9.17) is 0 Å². The van der Waals surface area contributed by atoms with E-state index in [0.717, 1.165) is 12.1 Å². The Bertz CT molecular complexity index is 772. The zero-order valence-electron chi connectivity index (χ0n) is 15.8. The molecule has 152 valence electrons. The Morgan fingerprint density at radius 1 is 1.32 bits per heavy atom. The van der Waals surface area contributed by atoms with Crippen LogP contribution < -0.4 is 10.6 Å². The van der Waals surface area contributed by atoms with Crippen molar-refractivity contribution in [3.8, 4) is 0 Å². The van der Waals surface area contributed by atoms with Crippen LogP contribution in [0.4, 0.5) is 13.2 Å². The second kappa shape index (κ2) is 9.09. The average molecular weight is 394 g/mol. The molecule has 3 rings (SSSR count). The molecule has 1 fully saturated rings. The summed E-state index contributed by atoms with van der Waals surface area (Å²) in [5, 5.41) is 6.46. The molecule has 9 heteroatoms. The molecule has 2 aromatic rings. The number of aromatic nitrogens is 2. The van der Waals surface area contributed by atoms with Crippen molar-refractivity contribution in [1.82, 2.24) is 25.1 Å². The Kier molecular flexibility index (Phi) is 6.56. The number of nitrogens with zero attached hydrogens (tertiary/aromatic N) is 4. The number of aliphatic imine (C=N–C) groups is 1. The van der Waals surface area contributed by atoms with Crippen molar-refractivity contribution in [2.24, 2.45) is 4.99 Å². The maximum Gasteiger partial charge on any atom is 0.401 e. The van der Waals surface area contributed by atoms with Crippen LogP contribution in [0.2, 0.25) is 0 Å². The highest BCUT2D eigenvalue weighted by atomic mass is 19.4. The van der Waals surface area contributed by atoms with Crippen LogP contribution in [0.25, 0.3) is 0 Å². The molecule has 1 saturated heterocycles. The number of likely N-dealkylation sites (tertiary alicyclic amines) is 1. The van der Waals surface area contributed by atoms with Crippen molar-refractivity contribution in [3.63, 3.8) is 0 Å². The smallest absolute Gasteiger partial charge is 0.352 e. The van der Waals surface area contributed by atoms with E-state index < -0.39 is 12.7 Å². The Morgan fingerprint density at radius 2 is 2.14 bits per heavy atom. The summed E-state index contributed by atoms with van der Waals surface area (Å²) >= 11 is 0. The fourth-order valence-corrected chi connectivity index (χ4v) is 3.35. The monoisotopic (exact) mass is 394 g/mol. The van der Waals surface area contributed by atoms with E-state index in [1.807, 2.05) is 22.9 Å². The lowest BCUT2D eigenvalue weighted by Crippen LogP contribution is -2.44. The fourth-order valence-electron chi connectivity index (χ4n) is 3.35. The van der Waals surface area contributed by atoms with Crippen LogP contribution in [-0.4, -0.2) is 59.3 Å². The largest absolute Gasteiger partial charge is 0.401 e. The van der Waals surface area contributed by atoms with Crippen molar-refractivity contribution >= 4 is 5.96 Å². The summed E-state index contributed by atoms with van der Waals surface area (Å²) < 4.78 is 39.6. The second-order valence-electron chi connectivity index (χ2n) is 6.96. The standard InChI is InChI=1S/C19H25F3N6/c1-23-18(26-17-5-7-27(12-17)13-19(20,21)22)25-10-15-3-2-4-16(9-15)11-28-8-6-24-14-28/h2-4,6,8-9,14,17H,5,7,10-13H2,1H3,(H2,23,25,26). The minimum Gasteiger partial charge on any atom is -0.352 e. The normalized spacial score (nSPS) is 18.4. The Balaban J connectivity index is 1.48. The molecule has 1 unspecified atom stereocenters. The van der Waals surface area contributed by atoms with Gasteiger partial charge in [-0.2, -0.15) is 13.2 Å². The minimum absolute atomic E-state index is 0.0406. The highest BCUT2D eigenvalue weighted by Crippen LogP contribution is 2.19. The van der Waals surface area contributed by atoms with Crippen LogP contribution in [0.5, 0.6) is 0 Å². The predicted octanol–water partition coefficient (Wildman–Crippen LogP) is 2.23. The summed E-state index contributed by atoms with van der Waals surface area (Å²) in [4.78, 5) is 9.66. The zero-order valence-corrected chi connectivity index (χ0v) is 15.8. The van der Waals surface area contributed by atoms with Gasteiger partial charge in [0.25, 0.3) is 0 Å². The molecule has 1 atom stereocenters. The van der Waals surface area contributed by atoms with Crippen LogP contribution in [0.15, 0.2) is 48.0 Å². The van der Waals surface area contributed by atoms with Gasteiger partial charge in [-0.15, -0.1) is 0 Å². The van der Waals surface area contributed by atoms with Crippen molar-refractivity contribution in [2.45, 2.75) is 31.7 Å². The fraction of sp³-hybridized carbons (Fsp3) is 0.474. The number of alkyl halides is 3. The van der Waals surface area contributed by atoms with Gasteiger partial charge in [0.15, 0.2) is 5.96 Å². The molecule has 0 radical (unpaired) electrons. The average Bonchev–Trinajstić information content (AvgIpc) is 3.29. The lowest BCUT2D eigenvalue weighted by molar-refractivity contribution is -0.143. The van der Waals surface area contributed by atoms with Gasteiger partial charge in [-0.1, -0.05) is 24.3 Å². The number of hydrogen-bond acceptors (Lipinski definition) is 3. The molecule has 0 bridgehead atoms. The molecule has 0 spiro atoms. The molecule has 1 aromatic heterocycles. The molecule has 1 aliphatic heterocycles. The van der Waals surface area contributed by atoms with Gasteiger partial charge in [0.05, 0.1) is 12.9 Å². The molecule has 6 nitrogen and oxygen atoms in total. The van der Waals surface area contributed by atoms with E-state index in [1.165, 1.54) is 10.5 Å². The molecule has 0 saturated carbocycles.